The number of ether oxygens (including phenoxy) is 1. The molecule has 1 aromatic carbocycles. The lowest BCUT2D eigenvalue weighted by atomic mass is 10.1. The summed E-state index contributed by atoms with van der Waals surface area (Å²) in [7, 11) is 4.03. The first-order valence-corrected chi connectivity index (χ1v) is 12.0. The zero-order valence-corrected chi connectivity index (χ0v) is 20.9. The Hall–Kier alpha value is -4.44. The molecule has 0 radical (unpaired) electrons. The molecule has 10 nitrogen and oxygen atoms in total. The molecule has 3 heterocycles. The van der Waals surface area contributed by atoms with E-state index in [-0.39, 0.29) is 11.3 Å². The lowest BCUT2D eigenvalue weighted by Crippen LogP contribution is -2.28. The molecule has 4 aromatic rings. The van der Waals surface area contributed by atoms with Crippen LogP contribution in [0.1, 0.15) is 18.4 Å². The van der Waals surface area contributed by atoms with Crippen molar-refractivity contribution < 1.29 is 9.53 Å². The number of carbonyl (C=O) groups is 1. The smallest absolute Gasteiger partial charge is 0.407 e. The van der Waals surface area contributed by atoms with E-state index in [0.29, 0.717) is 24.6 Å². The first-order valence-electron chi connectivity index (χ1n) is 12.0. The van der Waals surface area contributed by atoms with Crippen LogP contribution in [-0.4, -0.2) is 62.9 Å². The molecular weight excluding hydrogens is 470 g/mol. The Balaban J connectivity index is 1.38. The van der Waals surface area contributed by atoms with Crippen LogP contribution in [0.5, 0.6) is 5.75 Å². The van der Waals surface area contributed by atoms with Crippen molar-refractivity contribution in [2.24, 2.45) is 0 Å². The van der Waals surface area contributed by atoms with E-state index in [1.165, 1.54) is 23.1 Å². The molecule has 10 heteroatoms. The molecule has 0 saturated heterocycles. The van der Waals surface area contributed by atoms with Gasteiger partial charge in [0.2, 0.25) is 0 Å². The molecule has 0 fully saturated rings. The second-order valence-corrected chi connectivity index (χ2v) is 8.72. The number of rotatable bonds is 10. The zero-order chi connectivity index (χ0) is 26.0. The van der Waals surface area contributed by atoms with Crippen molar-refractivity contribution in [2.45, 2.75) is 19.4 Å². The van der Waals surface area contributed by atoms with Gasteiger partial charge in [0.15, 0.2) is 11.6 Å². The fraction of sp³-hybridized carbons (Fsp3) is 0.259. The van der Waals surface area contributed by atoms with Crippen molar-refractivity contribution in [3.05, 3.63) is 89.2 Å². The van der Waals surface area contributed by atoms with Gasteiger partial charge in [-0.1, -0.05) is 18.2 Å². The Bertz CT molecular complexity index is 1370. The standard InChI is InChI=1S/C27H29N7O3/c1-33(2)15-4-3-12-29-27(36)37-23-17-30-26(31-18-23)22-7-5-6-20(16-22)19-34-25(35)9-8-24(32-34)21-10-13-28-14-11-21/h5-11,13-14,16-18H,3-4,12,15,19H2,1-2H3,(H,29,36). The molecule has 37 heavy (non-hydrogen) atoms. The predicted molar refractivity (Wildman–Crippen MR) is 140 cm³/mol. The van der Waals surface area contributed by atoms with Gasteiger partial charge in [-0.3, -0.25) is 9.78 Å². The summed E-state index contributed by atoms with van der Waals surface area (Å²) in [5, 5.41) is 7.24. The van der Waals surface area contributed by atoms with Gasteiger partial charge in [0, 0.05) is 36.1 Å². The number of hydrogen-bond acceptors (Lipinski definition) is 8. The molecule has 3 aromatic heterocycles. The molecule has 0 bridgehead atoms. The van der Waals surface area contributed by atoms with E-state index in [1.54, 1.807) is 18.5 Å². The van der Waals surface area contributed by atoms with Gasteiger partial charge in [-0.2, -0.15) is 5.10 Å². The monoisotopic (exact) mass is 499 g/mol. The van der Waals surface area contributed by atoms with Gasteiger partial charge in [-0.25, -0.2) is 19.4 Å². The number of carbonyl (C=O) groups excluding carboxylic acids is 1. The molecule has 0 aliphatic rings. The van der Waals surface area contributed by atoms with E-state index in [9.17, 15) is 9.59 Å². The van der Waals surface area contributed by atoms with Crippen molar-refractivity contribution in [1.29, 1.82) is 0 Å². The highest BCUT2D eigenvalue weighted by Crippen LogP contribution is 2.19. The zero-order valence-electron chi connectivity index (χ0n) is 20.9. The van der Waals surface area contributed by atoms with Crippen LogP contribution in [0.15, 0.2) is 78.1 Å². The van der Waals surface area contributed by atoms with Crippen LogP contribution in [0.4, 0.5) is 4.79 Å². The lowest BCUT2D eigenvalue weighted by molar-refractivity contribution is 0.200. The Morgan fingerprint density at radius 3 is 2.54 bits per heavy atom. The van der Waals surface area contributed by atoms with Crippen LogP contribution in [0.25, 0.3) is 22.6 Å². The number of unbranched alkanes of at least 4 members (excludes halogenated alkanes) is 1. The minimum atomic E-state index is -0.532. The third-order valence-electron chi connectivity index (χ3n) is 5.50. The fourth-order valence-electron chi connectivity index (χ4n) is 3.63. The van der Waals surface area contributed by atoms with Crippen molar-refractivity contribution in [2.75, 3.05) is 27.2 Å². The first kappa shape index (κ1) is 25.6. The summed E-state index contributed by atoms with van der Waals surface area (Å²) in [5.74, 6) is 0.735. The number of nitrogens with zero attached hydrogens (tertiary/aromatic N) is 6. The van der Waals surface area contributed by atoms with Gasteiger partial charge in [0.25, 0.3) is 5.56 Å². The molecule has 0 aliphatic heterocycles. The van der Waals surface area contributed by atoms with Crippen LogP contribution in [-0.2, 0) is 6.54 Å². The second kappa shape index (κ2) is 12.5. The highest BCUT2D eigenvalue weighted by atomic mass is 16.6. The van der Waals surface area contributed by atoms with E-state index in [4.69, 9.17) is 4.74 Å². The fourth-order valence-corrected chi connectivity index (χ4v) is 3.63. The van der Waals surface area contributed by atoms with Gasteiger partial charge in [0.05, 0.1) is 24.6 Å². The third kappa shape index (κ3) is 7.52. The van der Waals surface area contributed by atoms with Gasteiger partial charge in [-0.05, 0) is 63.3 Å². The molecule has 0 aliphatic carbocycles. The summed E-state index contributed by atoms with van der Waals surface area (Å²) in [5.41, 5.74) is 3.02. The summed E-state index contributed by atoms with van der Waals surface area (Å²) in [6, 6.07) is 14.5. The van der Waals surface area contributed by atoms with E-state index < -0.39 is 6.09 Å². The molecule has 0 saturated carbocycles. The molecule has 4 rings (SSSR count). The van der Waals surface area contributed by atoms with E-state index in [1.807, 2.05) is 50.5 Å². The second-order valence-electron chi connectivity index (χ2n) is 8.72. The summed E-state index contributed by atoms with van der Waals surface area (Å²) in [4.78, 5) is 39.2. The van der Waals surface area contributed by atoms with Crippen molar-refractivity contribution in [1.82, 2.24) is 34.9 Å². The average molecular weight is 500 g/mol. The number of aromatic nitrogens is 5. The minimum absolute atomic E-state index is 0.197. The van der Waals surface area contributed by atoms with E-state index >= 15 is 0 Å². The maximum absolute atomic E-state index is 12.4. The Kier molecular flexibility index (Phi) is 8.66. The number of nitrogens with one attached hydrogen (secondary N) is 1. The normalized spacial score (nSPS) is 10.9. The van der Waals surface area contributed by atoms with Crippen molar-refractivity contribution >= 4 is 6.09 Å². The number of hydrogen-bond donors (Lipinski definition) is 1. The van der Waals surface area contributed by atoms with Crippen LogP contribution in [0, 0.1) is 0 Å². The number of benzene rings is 1. The number of amides is 1. The quantitative estimate of drug-likeness (QED) is 0.331. The Morgan fingerprint density at radius 1 is 1.00 bits per heavy atom. The lowest BCUT2D eigenvalue weighted by Gasteiger charge is -2.10. The maximum Gasteiger partial charge on any atom is 0.412 e. The molecule has 1 N–H and O–H groups in total. The van der Waals surface area contributed by atoms with Gasteiger partial charge >= 0.3 is 6.09 Å². The highest BCUT2D eigenvalue weighted by molar-refractivity contribution is 5.70. The molecule has 0 spiro atoms. The summed E-state index contributed by atoms with van der Waals surface area (Å²) in [6.07, 6.45) is 7.63. The van der Waals surface area contributed by atoms with Crippen LogP contribution in [0.3, 0.4) is 0 Å². The first-order chi connectivity index (χ1) is 18.0. The van der Waals surface area contributed by atoms with E-state index in [0.717, 1.165) is 36.1 Å². The van der Waals surface area contributed by atoms with Gasteiger partial charge in [-0.15, -0.1) is 0 Å². The summed E-state index contributed by atoms with van der Waals surface area (Å²) < 4.78 is 6.68. The highest BCUT2D eigenvalue weighted by Gasteiger charge is 2.09. The SMILES string of the molecule is CN(C)CCCCNC(=O)Oc1cnc(-c2cccc(Cn3nc(-c4ccncc4)ccc3=O)c2)nc1. The van der Waals surface area contributed by atoms with Gasteiger partial charge < -0.3 is 15.0 Å². The van der Waals surface area contributed by atoms with Gasteiger partial charge in [0.1, 0.15) is 0 Å². The van der Waals surface area contributed by atoms with Crippen molar-refractivity contribution in [3.8, 4) is 28.4 Å². The van der Waals surface area contributed by atoms with Crippen LogP contribution in [0.2, 0.25) is 0 Å². The molecule has 1 amide bonds. The average Bonchev–Trinajstić information content (AvgIpc) is 2.91. The molecule has 190 valence electrons. The molecule has 0 atom stereocenters. The predicted octanol–water partition coefficient (Wildman–Crippen LogP) is 3.24. The summed E-state index contributed by atoms with van der Waals surface area (Å²) >= 11 is 0. The van der Waals surface area contributed by atoms with Crippen LogP contribution >= 0.6 is 0 Å². The Morgan fingerprint density at radius 2 is 1.78 bits per heavy atom. The Labute approximate surface area is 215 Å². The molecule has 0 unspecified atom stereocenters. The summed E-state index contributed by atoms with van der Waals surface area (Å²) in [6.45, 7) is 1.81. The number of pyridine rings is 1. The molecular formula is C27H29N7O3. The minimum Gasteiger partial charge on any atom is -0.407 e. The van der Waals surface area contributed by atoms with E-state index in [2.05, 4.69) is 30.3 Å². The largest absolute Gasteiger partial charge is 0.412 e. The van der Waals surface area contributed by atoms with Crippen LogP contribution < -0.4 is 15.6 Å². The topological polar surface area (TPSA) is 115 Å². The maximum atomic E-state index is 12.4. The third-order valence-corrected chi connectivity index (χ3v) is 5.50. The van der Waals surface area contributed by atoms with Crippen molar-refractivity contribution in [3.63, 3.8) is 0 Å².